The Kier molecular flexibility index (Phi) is 4.47. The van der Waals surface area contributed by atoms with Crippen molar-refractivity contribution >= 4 is 11.8 Å². The molecule has 0 saturated carbocycles. The van der Waals surface area contributed by atoms with Gasteiger partial charge in [0.1, 0.15) is 5.69 Å². The van der Waals surface area contributed by atoms with Gasteiger partial charge in [-0.1, -0.05) is 20.8 Å². The average Bonchev–Trinajstić information content (AvgIpc) is 2.74. The fourth-order valence-electron chi connectivity index (χ4n) is 1.32. The molecule has 6 nitrogen and oxygen atoms in total. The summed E-state index contributed by atoms with van der Waals surface area (Å²) < 4.78 is 0. The molecule has 0 atom stereocenters. The summed E-state index contributed by atoms with van der Waals surface area (Å²) in [5.74, 6) is -0.664. The molecule has 0 spiro atoms. The van der Waals surface area contributed by atoms with E-state index >= 15 is 0 Å². The highest BCUT2D eigenvalue weighted by Gasteiger charge is 2.21. The smallest absolute Gasteiger partial charge is 0.272 e. The van der Waals surface area contributed by atoms with E-state index in [0.29, 0.717) is 13.1 Å². The van der Waals surface area contributed by atoms with Gasteiger partial charge in [-0.25, -0.2) is 4.98 Å². The van der Waals surface area contributed by atoms with Gasteiger partial charge in [0.2, 0.25) is 0 Å². The zero-order chi connectivity index (χ0) is 13.8. The van der Waals surface area contributed by atoms with Crippen LogP contribution in [0.15, 0.2) is 6.33 Å². The number of nitrogens with one attached hydrogen (secondary N) is 3. The van der Waals surface area contributed by atoms with Crippen LogP contribution in [0.2, 0.25) is 0 Å². The Balaban J connectivity index is 2.75. The van der Waals surface area contributed by atoms with E-state index in [1.165, 1.54) is 6.33 Å². The van der Waals surface area contributed by atoms with E-state index in [0.717, 1.165) is 0 Å². The van der Waals surface area contributed by atoms with Crippen LogP contribution in [0.1, 0.15) is 48.7 Å². The number of aromatic amines is 1. The number of carbonyl (C=O) groups excluding carboxylic acids is 2. The monoisotopic (exact) mass is 252 g/mol. The number of amides is 2. The molecule has 2 amide bonds. The molecule has 1 aromatic heterocycles. The molecule has 0 saturated heterocycles. The number of carbonyl (C=O) groups is 2. The Morgan fingerprint density at radius 1 is 1.28 bits per heavy atom. The first-order valence-electron chi connectivity index (χ1n) is 5.95. The van der Waals surface area contributed by atoms with Crippen LogP contribution in [-0.4, -0.2) is 34.9 Å². The maximum Gasteiger partial charge on any atom is 0.272 e. The van der Waals surface area contributed by atoms with Gasteiger partial charge in [-0.3, -0.25) is 9.59 Å². The van der Waals surface area contributed by atoms with Gasteiger partial charge in [-0.15, -0.1) is 0 Å². The Morgan fingerprint density at radius 3 is 2.50 bits per heavy atom. The van der Waals surface area contributed by atoms with Gasteiger partial charge in [-0.05, 0) is 12.3 Å². The molecule has 3 N–H and O–H groups in total. The summed E-state index contributed by atoms with van der Waals surface area (Å²) in [6, 6.07) is 0. The van der Waals surface area contributed by atoms with Crippen molar-refractivity contribution < 1.29 is 9.59 Å². The number of hydrogen-bond donors (Lipinski definition) is 3. The van der Waals surface area contributed by atoms with Crippen LogP contribution in [0.3, 0.4) is 0 Å². The largest absolute Gasteiger partial charge is 0.351 e. The van der Waals surface area contributed by atoms with Crippen molar-refractivity contribution in [2.24, 2.45) is 5.41 Å². The lowest BCUT2D eigenvalue weighted by Crippen LogP contribution is -2.34. The van der Waals surface area contributed by atoms with E-state index in [9.17, 15) is 9.59 Å². The van der Waals surface area contributed by atoms with E-state index in [-0.39, 0.29) is 28.6 Å². The Bertz CT molecular complexity index is 432. The molecular weight excluding hydrogens is 232 g/mol. The lowest BCUT2D eigenvalue weighted by Gasteiger charge is -2.18. The summed E-state index contributed by atoms with van der Waals surface area (Å²) in [5.41, 5.74) is 0.315. The van der Waals surface area contributed by atoms with Crippen molar-refractivity contribution in [2.75, 3.05) is 13.1 Å². The lowest BCUT2D eigenvalue weighted by atomic mass is 9.97. The quantitative estimate of drug-likeness (QED) is 0.745. The Labute approximate surface area is 107 Å². The SMILES string of the molecule is CCNC(=O)c1nc[nH]c1C(=O)NCC(C)(C)C. The molecule has 1 heterocycles. The van der Waals surface area contributed by atoms with E-state index in [4.69, 9.17) is 0 Å². The van der Waals surface area contributed by atoms with Gasteiger partial charge in [-0.2, -0.15) is 0 Å². The normalized spacial score (nSPS) is 11.1. The number of H-pyrrole nitrogens is 1. The summed E-state index contributed by atoms with van der Waals surface area (Å²) in [4.78, 5) is 30.1. The number of nitrogens with zero attached hydrogens (tertiary/aromatic N) is 1. The molecule has 0 aliphatic carbocycles. The maximum atomic E-state index is 11.9. The fourth-order valence-corrected chi connectivity index (χ4v) is 1.32. The van der Waals surface area contributed by atoms with Crippen molar-refractivity contribution in [1.82, 2.24) is 20.6 Å². The van der Waals surface area contributed by atoms with Crippen LogP contribution in [0.5, 0.6) is 0 Å². The average molecular weight is 252 g/mol. The van der Waals surface area contributed by atoms with Crippen molar-refractivity contribution in [1.29, 1.82) is 0 Å². The van der Waals surface area contributed by atoms with Gasteiger partial charge in [0, 0.05) is 13.1 Å². The maximum absolute atomic E-state index is 11.9. The van der Waals surface area contributed by atoms with Crippen LogP contribution in [-0.2, 0) is 0 Å². The van der Waals surface area contributed by atoms with Crippen molar-refractivity contribution in [3.05, 3.63) is 17.7 Å². The molecule has 1 rings (SSSR count). The highest BCUT2D eigenvalue weighted by Crippen LogP contribution is 2.11. The molecule has 0 aliphatic rings. The van der Waals surface area contributed by atoms with E-state index < -0.39 is 0 Å². The summed E-state index contributed by atoms with van der Waals surface area (Å²) in [7, 11) is 0. The van der Waals surface area contributed by atoms with Crippen LogP contribution < -0.4 is 10.6 Å². The predicted molar refractivity (Wildman–Crippen MR) is 68.4 cm³/mol. The molecule has 0 aromatic carbocycles. The predicted octanol–water partition coefficient (Wildman–Crippen LogP) is 0.935. The zero-order valence-electron chi connectivity index (χ0n) is 11.3. The van der Waals surface area contributed by atoms with E-state index in [2.05, 4.69) is 20.6 Å². The number of rotatable bonds is 4. The van der Waals surface area contributed by atoms with Crippen LogP contribution in [0.25, 0.3) is 0 Å². The Hall–Kier alpha value is -1.85. The number of imidazole rings is 1. The van der Waals surface area contributed by atoms with Crippen molar-refractivity contribution in [3.8, 4) is 0 Å². The van der Waals surface area contributed by atoms with Gasteiger partial charge < -0.3 is 15.6 Å². The second-order valence-electron chi connectivity index (χ2n) is 5.23. The van der Waals surface area contributed by atoms with Crippen LogP contribution in [0.4, 0.5) is 0 Å². The molecule has 1 aromatic rings. The Morgan fingerprint density at radius 2 is 1.94 bits per heavy atom. The van der Waals surface area contributed by atoms with Crippen LogP contribution in [0, 0.1) is 5.41 Å². The first-order valence-corrected chi connectivity index (χ1v) is 5.95. The highest BCUT2D eigenvalue weighted by molar-refractivity contribution is 6.04. The standard InChI is InChI=1S/C12H20N4O2/c1-5-13-10(17)8-9(16-7-15-8)11(18)14-6-12(2,3)4/h7H,5-6H2,1-4H3,(H,13,17)(H,14,18)(H,15,16). The second-order valence-corrected chi connectivity index (χ2v) is 5.23. The molecule has 100 valence electrons. The molecule has 18 heavy (non-hydrogen) atoms. The third kappa shape index (κ3) is 3.87. The lowest BCUT2D eigenvalue weighted by molar-refractivity contribution is 0.0907. The van der Waals surface area contributed by atoms with Crippen LogP contribution >= 0.6 is 0 Å². The molecule has 0 unspecified atom stereocenters. The first-order chi connectivity index (χ1) is 8.35. The molecule has 0 radical (unpaired) electrons. The molecule has 6 heteroatoms. The van der Waals surface area contributed by atoms with Crippen molar-refractivity contribution in [2.45, 2.75) is 27.7 Å². The molecular formula is C12H20N4O2. The van der Waals surface area contributed by atoms with Gasteiger partial charge >= 0.3 is 0 Å². The summed E-state index contributed by atoms with van der Waals surface area (Å²) in [6.07, 6.45) is 1.34. The minimum Gasteiger partial charge on any atom is -0.351 e. The van der Waals surface area contributed by atoms with Gasteiger partial charge in [0.15, 0.2) is 5.69 Å². The van der Waals surface area contributed by atoms with Gasteiger partial charge in [0.25, 0.3) is 11.8 Å². The molecule has 0 fully saturated rings. The summed E-state index contributed by atoms with van der Waals surface area (Å²) >= 11 is 0. The number of hydrogen-bond acceptors (Lipinski definition) is 3. The van der Waals surface area contributed by atoms with Crippen molar-refractivity contribution in [3.63, 3.8) is 0 Å². The highest BCUT2D eigenvalue weighted by atomic mass is 16.2. The number of aromatic nitrogens is 2. The van der Waals surface area contributed by atoms with E-state index in [1.807, 2.05) is 27.7 Å². The third-order valence-corrected chi connectivity index (χ3v) is 2.20. The molecule has 0 aliphatic heterocycles. The first kappa shape index (κ1) is 14.2. The third-order valence-electron chi connectivity index (χ3n) is 2.20. The summed E-state index contributed by atoms with van der Waals surface area (Å²) in [5, 5.41) is 5.39. The minimum atomic E-state index is -0.348. The zero-order valence-corrected chi connectivity index (χ0v) is 11.3. The van der Waals surface area contributed by atoms with Gasteiger partial charge in [0.05, 0.1) is 6.33 Å². The minimum absolute atomic E-state index is 0.0124. The molecule has 0 bridgehead atoms. The second kappa shape index (κ2) is 5.66. The fraction of sp³-hybridized carbons (Fsp3) is 0.583. The van der Waals surface area contributed by atoms with E-state index in [1.54, 1.807) is 0 Å². The summed E-state index contributed by atoms with van der Waals surface area (Å²) in [6.45, 7) is 8.89. The topological polar surface area (TPSA) is 86.9 Å².